The molecule has 6 aromatic heterocycles. The lowest BCUT2D eigenvalue weighted by atomic mass is 9.98. The van der Waals surface area contributed by atoms with Crippen molar-refractivity contribution in [2.45, 2.75) is 113 Å². The third-order valence-electron chi connectivity index (χ3n) is 20.2. The number of rotatable bonds is 31. The minimum absolute atomic E-state index is 0.00102. The molecule has 13 N–H and O–H groups in total. The van der Waals surface area contributed by atoms with E-state index in [0.717, 1.165) is 140 Å². The van der Waals surface area contributed by atoms with Gasteiger partial charge in [-0.25, -0.2) is 29.9 Å². The summed E-state index contributed by atoms with van der Waals surface area (Å²) in [6.07, 6.45) is 14.0. The Hall–Kier alpha value is -12.7. The molecular formula is C82H83N19O9. The molecule has 0 bridgehead atoms. The van der Waals surface area contributed by atoms with Crippen LogP contribution in [0.4, 0.5) is 17.5 Å². The van der Waals surface area contributed by atoms with Crippen molar-refractivity contribution >= 4 is 91.5 Å². The minimum atomic E-state index is -0.580. The van der Waals surface area contributed by atoms with Crippen molar-refractivity contribution in [1.29, 1.82) is 0 Å². The zero-order valence-corrected chi connectivity index (χ0v) is 60.3. The van der Waals surface area contributed by atoms with Gasteiger partial charge in [-0.1, -0.05) is 91.0 Å². The maximum absolute atomic E-state index is 13.0. The van der Waals surface area contributed by atoms with Crippen molar-refractivity contribution in [2.24, 2.45) is 17.2 Å². The van der Waals surface area contributed by atoms with E-state index in [1.54, 1.807) is 42.5 Å². The van der Waals surface area contributed by atoms with Crippen molar-refractivity contribution in [3.05, 3.63) is 249 Å². The molecule has 110 heavy (non-hydrogen) atoms. The van der Waals surface area contributed by atoms with Crippen LogP contribution in [0, 0.1) is 0 Å². The first-order chi connectivity index (χ1) is 53.6. The van der Waals surface area contributed by atoms with E-state index in [0.29, 0.717) is 103 Å². The summed E-state index contributed by atoms with van der Waals surface area (Å²) >= 11 is 0. The van der Waals surface area contributed by atoms with Gasteiger partial charge in [0.25, 0.3) is 17.7 Å². The molecule has 1 saturated heterocycles. The Labute approximate surface area is 631 Å². The lowest BCUT2D eigenvalue weighted by molar-refractivity contribution is -0.108. The number of nitrogens with one attached hydrogen (secondary N) is 6. The molecule has 1 aliphatic heterocycles. The monoisotopic (exact) mass is 1480 g/mol. The molecule has 3 saturated carbocycles. The molecule has 0 spiro atoms. The molecule has 4 aliphatic rings. The highest BCUT2D eigenvalue weighted by Gasteiger charge is 2.30. The van der Waals surface area contributed by atoms with E-state index < -0.39 is 23.8 Å². The summed E-state index contributed by atoms with van der Waals surface area (Å²) < 4.78 is 5.52. The van der Waals surface area contributed by atoms with Gasteiger partial charge in [0, 0.05) is 103 Å². The minimum Gasteiger partial charge on any atom is -0.396 e. The third-order valence-corrected chi connectivity index (χ3v) is 20.2. The van der Waals surface area contributed by atoms with Crippen LogP contribution in [0.3, 0.4) is 0 Å². The molecule has 3 amide bonds. The van der Waals surface area contributed by atoms with Gasteiger partial charge in [-0.05, 0) is 139 Å². The number of carbonyl (C=O) groups excluding carboxylic acids is 7. The number of aromatic amines is 3. The summed E-state index contributed by atoms with van der Waals surface area (Å²) in [5.74, 6) is 1.39. The normalized spacial score (nSPS) is 15.0. The van der Waals surface area contributed by atoms with Gasteiger partial charge in [-0.2, -0.15) is 15.3 Å². The number of aldehydes is 1. The maximum Gasteiger partial charge on any atom is 0.250 e. The van der Waals surface area contributed by atoms with Gasteiger partial charge in [0.15, 0.2) is 17.3 Å². The predicted molar refractivity (Wildman–Crippen MR) is 413 cm³/mol. The number of hydrogen-bond acceptors (Lipinski definition) is 22. The van der Waals surface area contributed by atoms with Crippen LogP contribution < -0.4 is 33.2 Å². The fourth-order valence-electron chi connectivity index (χ4n) is 13.8. The number of carbonyl (C=O) groups is 7. The molecule has 560 valence electrons. The first-order valence-electron chi connectivity index (χ1n) is 36.9. The average Bonchev–Trinajstić information content (AvgIpc) is 1.75. The first-order valence-corrected chi connectivity index (χ1v) is 36.9. The molecule has 3 unspecified atom stereocenters. The lowest BCUT2D eigenvalue weighted by Gasteiger charge is -2.29. The smallest absolute Gasteiger partial charge is 0.250 e. The van der Waals surface area contributed by atoms with E-state index in [1.807, 2.05) is 91.0 Å². The van der Waals surface area contributed by atoms with Gasteiger partial charge in [0.05, 0.1) is 64.6 Å². The summed E-state index contributed by atoms with van der Waals surface area (Å²) in [6, 6.07) is 43.8. The second kappa shape index (κ2) is 34.1. The van der Waals surface area contributed by atoms with E-state index >= 15 is 0 Å². The summed E-state index contributed by atoms with van der Waals surface area (Å²) in [5, 5.41) is 43.7. The number of aliphatic hydroxyl groups excluding tert-OH is 1. The molecule has 12 aromatic rings. The van der Waals surface area contributed by atoms with Gasteiger partial charge >= 0.3 is 0 Å². The Morgan fingerprint density at radius 1 is 0.464 bits per heavy atom. The Balaban J connectivity index is 0.000000138. The number of fused-ring (bicyclic) bond motifs is 3. The number of Topliss-reactive ketones (excluding diaryl/α,β-unsaturated/α-hetero) is 3. The molecule has 4 fully saturated rings. The number of ketones is 3. The molecule has 3 aliphatic carbocycles. The molecule has 28 heteroatoms. The first kappa shape index (κ1) is 74.2. The number of nitrogens with zero attached hydrogens (tertiary/aromatic N) is 10. The van der Waals surface area contributed by atoms with Crippen molar-refractivity contribution in [3.8, 4) is 0 Å². The van der Waals surface area contributed by atoms with Crippen LogP contribution in [-0.4, -0.2) is 151 Å². The highest BCUT2D eigenvalue weighted by atomic mass is 16.5. The SMILES string of the molecule is NC(=O)c1cccc2c(NC(CC=O)c3cccc(CC(=O)c4cc(C5CC5)[nH]n4)c3)ncnc12.NC(=O)c1cccc2c(NC(CCN3CCOCC3)c3cccc(CC(=O)c4cc(C5CC5)[nH]n4)c3)ncnc12.NC(=O)c1cccc2c(NC(CCO)c3cccc(CC(=O)c4cc(C5CC5)[nH]n4)c3)ncnc12. The summed E-state index contributed by atoms with van der Waals surface area (Å²) in [4.78, 5) is 114. The van der Waals surface area contributed by atoms with Crippen molar-refractivity contribution in [1.82, 2.24) is 65.4 Å². The van der Waals surface area contributed by atoms with E-state index in [9.17, 15) is 38.7 Å². The number of primary amides is 3. The van der Waals surface area contributed by atoms with Gasteiger partial charge in [0.1, 0.15) is 59.8 Å². The second-order valence-corrected chi connectivity index (χ2v) is 28.1. The number of H-pyrrole nitrogens is 3. The highest BCUT2D eigenvalue weighted by molar-refractivity contribution is 6.09. The van der Waals surface area contributed by atoms with Gasteiger partial charge in [-0.15, -0.1) is 0 Å². The number of aromatic nitrogens is 12. The molecule has 28 nitrogen and oxygen atoms in total. The van der Waals surface area contributed by atoms with Gasteiger partial charge in [0.2, 0.25) is 0 Å². The number of aliphatic hydroxyl groups is 1. The van der Waals surface area contributed by atoms with Crippen LogP contribution in [0.15, 0.2) is 165 Å². The molecule has 3 atom stereocenters. The van der Waals surface area contributed by atoms with Crippen molar-refractivity contribution < 1.29 is 43.4 Å². The Morgan fingerprint density at radius 3 is 1.15 bits per heavy atom. The number of benzene rings is 6. The van der Waals surface area contributed by atoms with Crippen LogP contribution >= 0.6 is 0 Å². The van der Waals surface area contributed by atoms with Crippen LogP contribution in [0.5, 0.6) is 0 Å². The molecule has 7 heterocycles. The fraction of sp³-hybridized carbons (Fsp3) is 0.293. The van der Waals surface area contributed by atoms with Crippen molar-refractivity contribution in [3.63, 3.8) is 0 Å². The number of morpholine rings is 1. The van der Waals surface area contributed by atoms with Crippen LogP contribution in [0.1, 0.15) is 207 Å². The lowest BCUT2D eigenvalue weighted by Crippen LogP contribution is -2.37. The van der Waals surface area contributed by atoms with E-state index in [1.165, 1.54) is 19.0 Å². The highest BCUT2D eigenvalue weighted by Crippen LogP contribution is 2.41. The second-order valence-electron chi connectivity index (χ2n) is 28.1. The van der Waals surface area contributed by atoms with E-state index in [2.05, 4.69) is 93.5 Å². The van der Waals surface area contributed by atoms with Crippen LogP contribution in [0.2, 0.25) is 0 Å². The quantitative estimate of drug-likeness (QED) is 0.0142. The fourth-order valence-corrected chi connectivity index (χ4v) is 13.8. The standard InChI is InChI=1S/C30H33N7O3.C26H26N6O3.C26H24N6O3/c31-29(39)22-5-2-6-23-28(22)32-18-33-30(23)34-24(9-10-37-11-13-40-14-12-37)21-4-1-3-19(15-21)16-27(38)26-17-25(35-36-26)20-7-8-20;2*27-25(35)18-5-2-6-19-24(18)28-14-29-26(19)30-20(9-10-33)17-4-1-3-15(11-17)12-23(34)22-13-21(31-32-22)16-7-8-16/h1-6,15,17-18,20,24H,7-14,16H2,(H2,31,39)(H,35,36)(H,32,33,34);1-6,11,13-14,16,20,33H,7-10,12H2,(H2,27,35)(H,31,32)(H,28,29,30);1-6,10-11,13-14,16,20H,7-9,12H2,(H2,27,35)(H,31,32)(H,28,29,30). The summed E-state index contributed by atoms with van der Waals surface area (Å²) in [7, 11) is 0. The van der Waals surface area contributed by atoms with E-state index in [4.69, 9.17) is 21.9 Å². The number of hydrogen-bond donors (Lipinski definition) is 10. The summed E-state index contributed by atoms with van der Waals surface area (Å²) in [6.45, 7) is 4.08. The Kier molecular flexibility index (Phi) is 23.0. The zero-order chi connectivity index (χ0) is 76.2. The van der Waals surface area contributed by atoms with Gasteiger partial charge in [-0.3, -0.25) is 49.0 Å². The average molecular weight is 1480 g/mol. The number of anilines is 3. The predicted octanol–water partition coefficient (Wildman–Crippen LogP) is 10.4. The maximum atomic E-state index is 13.0. The number of para-hydroxylation sites is 3. The Bertz CT molecular complexity index is 5390. The number of ether oxygens (including phenoxy) is 1. The molecule has 16 rings (SSSR count). The molecule has 0 radical (unpaired) electrons. The van der Waals surface area contributed by atoms with E-state index in [-0.39, 0.29) is 61.7 Å². The summed E-state index contributed by atoms with van der Waals surface area (Å²) in [5.41, 5.74) is 28.9. The van der Waals surface area contributed by atoms with Crippen molar-refractivity contribution in [2.75, 3.05) is 55.4 Å². The largest absolute Gasteiger partial charge is 0.396 e. The van der Waals surface area contributed by atoms with Gasteiger partial charge < -0.3 is 47.8 Å². The van der Waals surface area contributed by atoms with Crippen LogP contribution in [0.25, 0.3) is 32.7 Å². The third kappa shape index (κ3) is 18.1. The topological polar surface area (TPSA) is 430 Å². The number of nitrogens with two attached hydrogens (primary N) is 3. The molecular weight excluding hydrogens is 1400 g/mol. The Morgan fingerprint density at radius 2 is 0.809 bits per heavy atom. The zero-order valence-electron chi connectivity index (χ0n) is 60.3. The molecule has 6 aromatic carbocycles. The number of amides is 3. The van der Waals surface area contributed by atoms with Crippen LogP contribution in [-0.2, 0) is 28.8 Å².